The molecule has 0 fully saturated rings. The quantitative estimate of drug-likeness (QED) is 0.0320. The van der Waals surface area contributed by atoms with Crippen molar-refractivity contribution in [3.05, 3.63) is 24.3 Å². The van der Waals surface area contributed by atoms with E-state index in [9.17, 15) is 19.8 Å². The number of hydrogen-bond donors (Lipinski definition) is 3. The third kappa shape index (κ3) is 57.5. The van der Waals surface area contributed by atoms with Crippen LogP contribution in [-0.2, 0) is 14.3 Å². The van der Waals surface area contributed by atoms with Gasteiger partial charge in [-0.2, -0.15) is 0 Å². The van der Waals surface area contributed by atoms with Crippen molar-refractivity contribution in [1.29, 1.82) is 0 Å². The SMILES string of the molecule is CCCCCCCC/C=C\CCCCCCCCCCCC(=O)OCCCCCCCCCCCCCCCCCCCC(=O)NC(CO)C(O)/C=C/CCCCCCCCCCCCCCCCCC. The van der Waals surface area contributed by atoms with Crippen LogP contribution in [0.15, 0.2) is 24.3 Å². The van der Waals surface area contributed by atoms with E-state index in [4.69, 9.17) is 4.74 Å². The molecule has 0 aliphatic carbocycles. The number of unbranched alkanes of at least 4 members (excludes halogenated alkanes) is 47. The number of amides is 1. The van der Waals surface area contributed by atoms with Crippen molar-refractivity contribution in [3.63, 3.8) is 0 Å². The predicted octanol–water partition coefficient (Wildman–Crippen LogP) is 20.2. The number of carbonyl (C=O) groups is 2. The molecule has 1 amide bonds. The number of aliphatic hydroxyl groups is 2. The number of ether oxygens (including phenoxy) is 1. The summed E-state index contributed by atoms with van der Waals surface area (Å²) in [6.07, 6.45) is 75.0. The van der Waals surface area contributed by atoms with Crippen LogP contribution in [0.2, 0.25) is 0 Å². The molecule has 71 heavy (non-hydrogen) atoms. The molecule has 0 aliphatic heterocycles. The molecule has 0 saturated carbocycles. The van der Waals surface area contributed by atoms with Gasteiger partial charge in [0.2, 0.25) is 5.91 Å². The molecule has 2 unspecified atom stereocenters. The normalized spacial score (nSPS) is 12.7. The van der Waals surface area contributed by atoms with Crippen LogP contribution in [0.5, 0.6) is 0 Å². The van der Waals surface area contributed by atoms with Gasteiger partial charge < -0.3 is 20.3 Å². The van der Waals surface area contributed by atoms with Gasteiger partial charge in [-0.3, -0.25) is 9.59 Å². The number of aliphatic hydroxyl groups excluding tert-OH is 2. The first-order valence-electron chi connectivity index (χ1n) is 32.1. The lowest BCUT2D eigenvalue weighted by atomic mass is 10.0. The molecule has 420 valence electrons. The van der Waals surface area contributed by atoms with E-state index in [1.807, 2.05) is 6.08 Å². The first-order valence-corrected chi connectivity index (χ1v) is 32.1. The summed E-state index contributed by atoms with van der Waals surface area (Å²) in [5.74, 6) is -0.0658. The smallest absolute Gasteiger partial charge is 0.305 e. The molecule has 0 heterocycles. The molecule has 0 saturated heterocycles. The predicted molar refractivity (Wildman–Crippen MR) is 310 cm³/mol. The van der Waals surface area contributed by atoms with Crippen molar-refractivity contribution in [1.82, 2.24) is 5.32 Å². The lowest BCUT2D eigenvalue weighted by molar-refractivity contribution is -0.143. The van der Waals surface area contributed by atoms with E-state index < -0.39 is 12.1 Å². The van der Waals surface area contributed by atoms with Crippen molar-refractivity contribution in [2.75, 3.05) is 13.2 Å². The molecule has 2 atom stereocenters. The minimum Gasteiger partial charge on any atom is -0.466 e. The van der Waals surface area contributed by atoms with Gasteiger partial charge in [-0.05, 0) is 57.8 Å². The summed E-state index contributed by atoms with van der Waals surface area (Å²) < 4.78 is 5.50. The number of rotatable bonds is 60. The number of hydrogen-bond acceptors (Lipinski definition) is 5. The maximum atomic E-state index is 12.5. The average molecular weight is 1000 g/mol. The van der Waals surface area contributed by atoms with Gasteiger partial charge in [0.15, 0.2) is 0 Å². The monoisotopic (exact) mass is 1000 g/mol. The summed E-state index contributed by atoms with van der Waals surface area (Å²) >= 11 is 0. The second-order valence-corrected chi connectivity index (χ2v) is 22.1. The standard InChI is InChI=1S/C65H125NO5/c1-3-5-7-9-11-13-15-17-19-21-23-27-31-35-39-43-47-51-55-59-65(70)71-60-56-52-48-44-40-36-32-28-24-26-30-34-38-42-46-50-54-58-64(69)66-62(61-67)63(68)57-53-49-45-41-37-33-29-25-22-20-18-16-14-12-10-8-6-4-2/h17,19,53,57,62-63,67-68H,3-16,18,20-52,54-56,58-61H2,1-2H3,(H,66,69)/b19-17-,57-53+. The van der Waals surface area contributed by atoms with E-state index in [1.165, 1.54) is 283 Å². The van der Waals surface area contributed by atoms with Crippen LogP contribution in [-0.4, -0.2) is 47.4 Å². The number of allylic oxidation sites excluding steroid dienone is 3. The van der Waals surface area contributed by atoms with E-state index in [0.717, 1.165) is 44.9 Å². The van der Waals surface area contributed by atoms with E-state index in [-0.39, 0.29) is 18.5 Å². The maximum Gasteiger partial charge on any atom is 0.305 e. The fraction of sp³-hybridized carbons (Fsp3) is 0.908. The summed E-state index contributed by atoms with van der Waals surface area (Å²) in [4.78, 5) is 24.6. The van der Waals surface area contributed by atoms with E-state index in [2.05, 4.69) is 31.3 Å². The summed E-state index contributed by atoms with van der Waals surface area (Å²) in [7, 11) is 0. The van der Waals surface area contributed by atoms with Gasteiger partial charge in [0, 0.05) is 12.8 Å². The van der Waals surface area contributed by atoms with Gasteiger partial charge in [-0.1, -0.05) is 308 Å². The highest BCUT2D eigenvalue weighted by molar-refractivity contribution is 5.76. The Bertz CT molecular complexity index is 1110. The Morgan fingerprint density at radius 2 is 0.662 bits per heavy atom. The van der Waals surface area contributed by atoms with E-state index in [1.54, 1.807) is 6.08 Å². The van der Waals surface area contributed by atoms with Gasteiger partial charge in [-0.25, -0.2) is 0 Å². The fourth-order valence-corrected chi connectivity index (χ4v) is 10.0. The maximum absolute atomic E-state index is 12.5. The minimum atomic E-state index is -0.848. The summed E-state index contributed by atoms with van der Waals surface area (Å²) in [6.45, 7) is 4.92. The second kappa shape index (κ2) is 60.9. The van der Waals surface area contributed by atoms with Gasteiger partial charge in [-0.15, -0.1) is 0 Å². The first-order chi connectivity index (χ1) is 35.0. The molecule has 0 aromatic rings. The Hall–Kier alpha value is -1.66. The highest BCUT2D eigenvalue weighted by atomic mass is 16.5. The zero-order valence-corrected chi connectivity index (χ0v) is 48.0. The van der Waals surface area contributed by atoms with Gasteiger partial charge >= 0.3 is 5.97 Å². The Balaban J connectivity index is 3.42. The van der Waals surface area contributed by atoms with Crippen LogP contribution in [0, 0.1) is 0 Å². The number of nitrogens with one attached hydrogen (secondary N) is 1. The molecule has 0 aliphatic rings. The van der Waals surface area contributed by atoms with Crippen molar-refractivity contribution in [3.8, 4) is 0 Å². The van der Waals surface area contributed by atoms with Crippen LogP contribution in [0.4, 0.5) is 0 Å². The van der Waals surface area contributed by atoms with Crippen LogP contribution in [0.1, 0.15) is 354 Å². The summed E-state index contributed by atoms with van der Waals surface area (Å²) in [5, 5.41) is 23.2. The Labute approximate surface area is 443 Å². The molecule has 3 N–H and O–H groups in total. The van der Waals surface area contributed by atoms with Gasteiger partial charge in [0.25, 0.3) is 0 Å². The molecular formula is C65H125NO5. The molecule has 0 spiro atoms. The van der Waals surface area contributed by atoms with Crippen molar-refractivity contribution in [2.45, 2.75) is 366 Å². The minimum absolute atomic E-state index is 0.00471. The molecule has 0 aromatic heterocycles. The molecule has 6 nitrogen and oxygen atoms in total. The highest BCUT2D eigenvalue weighted by Crippen LogP contribution is 2.18. The first kappa shape index (κ1) is 69.3. The van der Waals surface area contributed by atoms with Crippen LogP contribution < -0.4 is 5.32 Å². The van der Waals surface area contributed by atoms with E-state index in [0.29, 0.717) is 19.4 Å². The second-order valence-electron chi connectivity index (χ2n) is 22.1. The molecular weight excluding hydrogens is 875 g/mol. The third-order valence-electron chi connectivity index (χ3n) is 15.0. The van der Waals surface area contributed by atoms with Crippen LogP contribution in [0.3, 0.4) is 0 Å². The largest absolute Gasteiger partial charge is 0.466 e. The van der Waals surface area contributed by atoms with Crippen molar-refractivity contribution < 1.29 is 24.5 Å². The molecule has 0 rings (SSSR count). The zero-order chi connectivity index (χ0) is 51.4. The van der Waals surface area contributed by atoms with Crippen LogP contribution in [0.25, 0.3) is 0 Å². The van der Waals surface area contributed by atoms with Crippen LogP contribution >= 0.6 is 0 Å². The zero-order valence-electron chi connectivity index (χ0n) is 48.0. The summed E-state index contributed by atoms with van der Waals surface area (Å²) in [6, 6.07) is -0.632. The summed E-state index contributed by atoms with van der Waals surface area (Å²) in [5.41, 5.74) is 0. The Morgan fingerprint density at radius 1 is 0.380 bits per heavy atom. The Morgan fingerprint density at radius 3 is 1.00 bits per heavy atom. The van der Waals surface area contributed by atoms with Gasteiger partial charge in [0.05, 0.1) is 25.4 Å². The average Bonchev–Trinajstić information content (AvgIpc) is 3.37. The third-order valence-corrected chi connectivity index (χ3v) is 15.0. The topological polar surface area (TPSA) is 95.9 Å². The fourth-order valence-electron chi connectivity index (χ4n) is 10.0. The van der Waals surface area contributed by atoms with E-state index >= 15 is 0 Å². The highest BCUT2D eigenvalue weighted by Gasteiger charge is 2.18. The number of esters is 1. The molecule has 0 bridgehead atoms. The Kier molecular flexibility index (Phi) is 59.5. The van der Waals surface area contributed by atoms with Crippen molar-refractivity contribution in [2.24, 2.45) is 0 Å². The molecule has 6 heteroatoms. The lowest BCUT2D eigenvalue weighted by Gasteiger charge is -2.20. The lowest BCUT2D eigenvalue weighted by Crippen LogP contribution is -2.45. The molecule has 0 radical (unpaired) electrons. The number of carbonyl (C=O) groups excluding carboxylic acids is 2. The molecule has 0 aromatic carbocycles. The van der Waals surface area contributed by atoms with Crippen molar-refractivity contribution >= 4 is 11.9 Å². The van der Waals surface area contributed by atoms with Gasteiger partial charge in [0.1, 0.15) is 0 Å².